The molecule has 2 heterocycles. The maximum absolute atomic E-state index is 13.4. The van der Waals surface area contributed by atoms with Gasteiger partial charge in [0, 0.05) is 33.9 Å². The van der Waals surface area contributed by atoms with Crippen LogP contribution in [-0.2, 0) is 9.59 Å². The number of fused-ring (bicyclic) bond motifs is 1. The predicted octanol–water partition coefficient (Wildman–Crippen LogP) is 5.50. The molecule has 1 saturated heterocycles. The van der Waals surface area contributed by atoms with Crippen molar-refractivity contribution in [3.63, 3.8) is 0 Å². The summed E-state index contributed by atoms with van der Waals surface area (Å²) in [5.41, 5.74) is 3.61. The number of carbonyl (C=O) groups is 2. The monoisotopic (exact) mass is 452 g/mol. The smallest absolute Gasteiger partial charge is 0.300 e. The van der Waals surface area contributed by atoms with Crippen molar-refractivity contribution in [2.24, 2.45) is 0 Å². The van der Waals surface area contributed by atoms with Crippen LogP contribution in [0.2, 0.25) is 0 Å². The summed E-state index contributed by atoms with van der Waals surface area (Å²) >= 11 is 0. The van der Waals surface area contributed by atoms with Gasteiger partial charge >= 0.3 is 0 Å². The quantitative estimate of drug-likeness (QED) is 0.238. The van der Waals surface area contributed by atoms with Gasteiger partial charge in [0.25, 0.3) is 11.7 Å². The second-order valence-corrected chi connectivity index (χ2v) is 8.20. The van der Waals surface area contributed by atoms with Gasteiger partial charge in [0.05, 0.1) is 18.2 Å². The van der Waals surface area contributed by atoms with Crippen LogP contribution < -0.4 is 9.64 Å². The Kier molecular flexibility index (Phi) is 5.42. The molecule has 4 aromatic rings. The Morgan fingerprint density at radius 2 is 1.71 bits per heavy atom. The first-order chi connectivity index (χ1) is 16.5. The van der Waals surface area contributed by atoms with E-state index in [1.54, 1.807) is 30.5 Å². The van der Waals surface area contributed by atoms with E-state index < -0.39 is 17.7 Å². The van der Waals surface area contributed by atoms with Gasteiger partial charge in [0.15, 0.2) is 0 Å². The summed E-state index contributed by atoms with van der Waals surface area (Å²) < 4.78 is 5.49. The number of aromatic amines is 1. The van der Waals surface area contributed by atoms with Crippen LogP contribution in [0, 0.1) is 6.92 Å². The van der Waals surface area contributed by atoms with Gasteiger partial charge in [-0.25, -0.2) is 0 Å². The number of benzene rings is 3. The standard InChI is InChI=1S/C28H24N2O4/c1-3-34-19-14-12-18(13-15-19)26(31)24-25(21-16-29-22-10-6-5-9-20(21)22)30(28(33)27(24)32)23-11-7-4-8-17(23)2/h4-16,25,29,31H,3H2,1-2H3/b26-24+. The summed E-state index contributed by atoms with van der Waals surface area (Å²) in [4.78, 5) is 31.5. The van der Waals surface area contributed by atoms with E-state index in [-0.39, 0.29) is 11.3 Å². The normalized spacial score (nSPS) is 17.5. The molecule has 0 radical (unpaired) electrons. The van der Waals surface area contributed by atoms with Crippen LogP contribution in [0.15, 0.2) is 84.6 Å². The number of aromatic nitrogens is 1. The SMILES string of the molecule is CCOc1ccc(/C(O)=C2\C(=O)C(=O)N(c3ccccc3C)C2c2c[nH]c3ccccc23)cc1. The van der Waals surface area contributed by atoms with Crippen LogP contribution in [0.3, 0.4) is 0 Å². The number of aliphatic hydroxyl groups is 1. The topological polar surface area (TPSA) is 82.6 Å². The molecule has 0 aliphatic carbocycles. The van der Waals surface area contributed by atoms with Gasteiger partial charge in [-0.15, -0.1) is 0 Å². The van der Waals surface area contributed by atoms with Crippen molar-refractivity contribution < 1.29 is 19.4 Å². The van der Waals surface area contributed by atoms with Gasteiger partial charge in [-0.05, 0) is 55.8 Å². The van der Waals surface area contributed by atoms with Crippen LogP contribution in [0.4, 0.5) is 5.69 Å². The first-order valence-electron chi connectivity index (χ1n) is 11.2. The fraction of sp³-hybridized carbons (Fsp3) is 0.143. The second-order valence-electron chi connectivity index (χ2n) is 8.20. The van der Waals surface area contributed by atoms with Gasteiger partial charge in [-0.1, -0.05) is 36.4 Å². The molecule has 3 aromatic carbocycles. The molecule has 170 valence electrons. The number of para-hydroxylation sites is 2. The maximum atomic E-state index is 13.4. The minimum absolute atomic E-state index is 0.0576. The van der Waals surface area contributed by atoms with Crippen LogP contribution in [0.1, 0.15) is 29.7 Å². The summed E-state index contributed by atoms with van der Waals surface area (Å²) in [5.74, 6) is -0.942. The van der Waals surface area contributed by atoms with Crippen molar-refractivity contribution in [2.75, 3.05) is 11.5 Å². The number of H-pyrrole nitrogens is 1. The first kappa shape index (κ1) is 21.5. The number of nitrogens with one attached hydrogen (secondary N) is 1. The third-order valence-corrected chi connectivity index (χ3v) is 6.17. The zero-order chi connectivity index (χ0) is 23.8. The van der Waals surface area contributed by atoms with Gasteiger partial charge in [0.2, 0.25) is 0 Å². The number of nitrogens with zero attached hydrogens (tertiary/aromatic N) is 1. The molecule has 1 fully saturated rings. The van der Waals surface area contributed by atoms with E-state index in [9.17, 15) is 14.7 Å². The Labute approximate surface area is 197 Å². The number of amides is 1. The molecular formula is C28H24N2O4. The van der Waals surface area contributed by atoms with Crippen molar-refractivity contribution in [3.8, 4) is 5.75 Å². The molecule has 1 amide bonds. The lowest BCUT2D eigenvalue weighted by Crippen LogP contribution is -2.30. The minimum Gasteiger partial charge on any atom is -0.507 e. The van der Waals surface area contributed by atoms with Crippen LogP contribution in [0.25, 0.3) is 16.7 Å². The molecule has 1 unspecified atom stereocenters. The molecule has 1 aliphatic rings. The Balaban J connectivity index is 1.74. The average Bonchev–Trinajstić information content (AvgIpc) is 3.38. The molecule has 0 spiro atoms. The average molecular weight is 453 g/mol. The van der Waals surface area contributed by atoms with Crippen LogP contribution >= 0.6 is 0 Å². The number of hydrogen-bond donors (Lipinski definition) is 2. The Hall–Kier alpha value is -4.32. The zero-order valence-corrected chi connectivity index (χ0v) is 18.9. The molecule has 0 saturated carbocycles. The van der Waals surface area contributed by atoms with Crippen LogP contribution in [0.5, 0.6) is 5.75 Å². The number of ketones is 1. The molecule has 34 heavy (non-hydrogen) atoms. The molecule has 1 aromatic heterocycles. The zero-order valence-electron chi connectivity index (χ0n) is 18.9. The van der Waals surface area contributed by atoms with E-state index in [1.165, 1.54) is 4.90 Å². The Morgan fingerprint density at radius 3 is 2.44 bits per heavy atom. The summed E-state index contributed by atoms with van der Waals surface area (Å²) in [6, 6.07) is 21.2. The maximum Gasteiger partial charge on any atom is 0.300 e. The van der Waals surface area contributed by atoms with Gasteiger partial charge < -0.3 is 14.8 Å². The fourth-order valence-corrected chi connectivity index (χ4v) is 4.56. The number of Topliss-reactive ketones (excluding diaryl/α,β-unsaturated/α-hetero) is 1. The highest BCUT2D eigenvalue weighted by molar-refractivity contribution is 6.52. The van der Waals surface area contributed by atoms with E-state index in [0.717, 1.165) is 22.0 Å². The molecule has 1 atom stereocenters. The number of carbonyl (C=O) groups excluding carboxylic acids is 2. The number of ether oxygens (including phenoxy) is 1. The van der Waals surface area contributed by atoms with Crippen molar-refractivity contribution in [2.45, 2.75) is 19.9 Å². The molecule has 0 bridgehead atoms. The first-order valence-corrected chi connectivity index (χ1v) is 11.2. The van der Waals surface area contributed by atoms with Crippen molar-refractivity contribution in [1.29, 1.82) is 0 Å². The van der Waals surface area contributed by atoms with Gasteiger partial charge in [-0.2, -0.15) is 0 Å². The highest BCUT2D eigenvalue weighted by Gasteiger charge is 2.48. The highest BCUT2D eigenvalue weighted by atomic mass is 16.5. The van der Waals surface area contributed by atoms with Gasteiger partial charge in [-0.3, -0.25) is 14.5 Å². The number of anilines is 1. The van der Waals surface area contributed by atoms with E-state index in [4.69, 9.17) is 4.74 Å². The molecular weight excluding hydrogens is 428 g/mol. The minimum atomic E-state index is -0.788. The van der Waals surface area contributed by atoms with Crippen LogP contribution in [-0.4, -0.2) is 28.4 Å². The molecule has 6 heteroatoms. The number of aliphatic hydroxyl groups excluding tert-OH is 1. The predicted molar refractivity (Wildman–Crippen MR) is 132 cm³/mol. The molecule has 6 nitrogen and oxygen atoms in total. The van der Waals surface area contributed by atoms with E-state index >= 15 is 0 Å². The fourth-order valence-electron chi connectivity index (χ4n) is 4.56. The Morgan fingerprint density at radius 1 is 1.00 bits per heavy atom. The summed E-state index contributed by atoms with van der Waals surface area (Å²) in [5, 5.41) is 12.2. The largest absolute Gasteiger partial charge is 0.507 e. The van der Waals surface area contributed by atoms with E-state index in [0.29, 0.717) is 23.6 Å². The molecule has 1 aliphatic heterocycles. The van der Waals surface area contributed by atoms with E-state index in [1.807, 2.05) is 62.4 Å². The third kappa shape index (κ3) is 3.44. The third-order valence-electron chi connectivity index (χ3n) is 6.17. The lowest BCUT2D eigenvalue weighted by atomic mass is 9.94. The molecule has 5 rings (SSSR count). The van der Waals surface area contributed by atoms with Crippen molar-refractivity contribution in [1.82, 2.24) is 4.98 Å². The summed E-state index contributed by atoms with van der Waals surface area (Å²) in [6.45, 7) is 4.31. The Bertz CT molecular complexity index is 1430. The summed E-state index contributed by atoms with van der Waals surface area (Å²) in [7, 11) is 0. The lowest BCUT2D eigenvalue weighted by molar-refractivity contribution is -0.132. The number of aryl methyl sites for hydroxylation is 1. The second kappa shape index (κ2) is 8.56. The number of rotatable bonds is 5. The summed E-state index contributed by atoms with van der Waals surface area (Å²) in [6.07, 6.45) is 1.80. The van der Waals surface area contributed by atoms with Gasteiger partial charge in [0.1, 0.15) is 11.5 Å². The number of hydrogen-bond acceptors (Lipinski definition) is 4. The van der Waals surface area contributed by atoms with Crippen molar-refractivity contribution >= 4 is 34.0 Å². The lowest BCUT2D eigenvalue weighted by Gasteiger charge is -2.26. The van der Waals surface area contributed by atoms with Crippen molar-refractivity contribution in [3.05, 3.63) is 101 Å². The highest BCUT2D eigenvalue weighted by Crippen LogP contribution is 2.45. The molecule has 2 N–H and O–H groups in total. The van der Waals surface area contributed by atoms with E-state index in [2.05, 4.69) is 4.98 Å².